The summed E-state index contributed by atoms with van der Waals surface area (Å²) in [6.45, 7) is 10.5. The molecular weight excluding hydrogens is 288 g/mol. The molecule has 0 bridgehead atoms. The first-order valence-corrected chi connectivity index (χ1v) is 7.64. The van der Waals surface area contributed by atoms with Gasteiger partial charge in [0.1, 0.15) is 5.82 Å². The van der Waals surface area contributed by atoms with Crippen LogP contribution in [0.3, 0.4) is 0 Å². The maximum absolute atomic E-state index is 7.09. The van der Waals surface area contributed by atoms with Gasteiger partial charge in [-0.05, 0) is 36.4 Å². The minimum atomic E-state index is 0.621. The number of imidazole rings is 1. The summed E-state index contributed by atoms with van der Waals surface area (Å²) in [6.07, 6.45) is 0. The van der Waals surface area contributed by atoms with Crippen LogP contribution >= 0.6 is 0 Å². The van der Waals surface area contributed by atoms with Gasteiger partial charge < -0.3 is 14.6 Å². The van der Waals surface area contributed by atoms with Crippen LogP contribution in [0.5, 0.6) is 0 Å². The highest BCUT2D eigenvalue weighted by Gasteiger charge is 2.12. The molecule has 2 aromatic carbocycles. The summed E-state index contributed by atoms with van der Waals surface area (Å²) in [4.78, 5) is 13.7. The lowest BCUT2D eigenvalue weighted by molar-refractivity contribution is 0.122. The van der Waals surface area contributed by atoms with Crippen molar-refractivity contribution in [2.24, 2.45) is 0 Å². The van der Waals surface area contributed by atoms with Gasteiger partial charge in [0.2, 0.25) is 0 Å². The molecule has 114 valence electrons. The Labute approximate surface area is 134 Å². The number of ether oxygens (including phenoxy) is 1. The maximum atomic E-state index is 7.09. The van der Waals surface area contributed by atoms with Gasteiger partial charge in [-0.15, -0.1) is 0 Å². The van der Waals surface area contributed by atoms with Gasteiger partial charge in [-0.25, -0.2) is 9.83 Å². The molecule has 1 aliphatic heterocycles. The van der Waals surface area contributed by atoms with E-state index in [0.717, 1.165) is 48.7 Å². The monoisotopic (exact) mass is 304 g/mol. The van der Waals surface area contributed by atoms with Gasteiger partial charge in [-0.2, -0.15) is 0 Å². The summed E-state index contributed by atoms with van der Waals surface area (Å²) in [5, 5.41) is 0. The molecule has 23 heavy (non-hydrogen) atoms. The van der Waals surface area contributed by atoms with Gasteiger partial charge in [-0.1, -0.05) is 6.07 Å². The molecule has 0 amide bonds. The van der Waals surface area contributed by atoms with Crippen LogP contribution in [0, 0.1) is 6.57 Å². The third kappa shape index (κ3) is 2.65. The number of aromatic nitrogens is 2. The van der Waals surface area contributed by atoms with Crippen molar-refractivity contribution < 1.29 is 4.74 Å². The number of rotatable bonds is 2. The van der Waals surface area contributed by atoms with Gasteiger partial charge in [0.05, 0.1) is 30.8 Å². The van der Waals surface area contributed by atoms with Gasteiger partial charge in [-0.3, -0.25) is 0 Å². The van der Waals surface area contributed by atoms with Gasteiger partial charge in [0.25, 0.3) is 0 Å². The molecule has 5 nitrogen and oxygen atoms in total. The van der Waals surface area contributed by atoms with Crippen LogP contribution < -0.4 is 4.90 Å². The van der Waals surface area contributed by atoms with Crippen LogP contribution in [0.4, 0.5) is 11.4 Å². The predicted octanol–water partition coefficient (Wildman–Crippen LogP) is 3.62. The number of morpholine rings is 1. The number of nitrogens with zero attached hydrogens (tertiary/aromatic N) is 3. The molecule has 4 rings (SSSR count). The Morgan fingerprint density at radius 2 is 1.87 bits per heavy atom. The van der Waals surface area contributed by atoms with Crippen LogP contribution in [0.2, 0.25) is 0 Å². The minimum Gasteiger partial charge on any atom is -0.378 e. The van der Waals surface area contributed by atoms with E-state index in [2.05, 4.69) is 44.0 Å². The van der Waals surface area contributed by atoms with Gasteiger partial charge >= 0.3 is 0 Å². The molecule has 1 aromatic heterocycles. The smallest absolute Gasteiger partial charge is 0.189 e. The Kier molecular flexibility index (Phi) is 3.45. The van der Waals surface area contributed by atoms with Crippen molar-refractivity contribution in [1.82, 2.24) is 9.97 Å². The molecule has 1 aliphatic rings. The predicted molar refractivity (Wildman–Crippen MR) is 90.8 cm³/mol. The van der Waals surface area contributed by atoms with Crippen LogP contribution in [-0.4, -0.2) is 36.3 Å². The van der Waals surface area contributed by atoms with Crippen molar-refractivity contribution in [3.05, 3.63) is 53.9 Å². The number of hydrogen-bond donors (Lipinski definition) is 1. The quantitative estimate of drug-likeness (QED) is 0.736. The van der Waals surface area contributed by atoms with E-state index >= 15 is 0 Å². The zero-order chi connectivity index (χ0) is 15.6. The van der Waals surface area contributed by atoms with Crippen molar-refractivity contribution in [2.75, 3.05) is 31.2 Å². The summed E-state index contributed by atoms with van der Waals surface area (Å²) >= 11 is 0. The largest absolute Gasteiger partial charge is 0.378 e. The number of benzene rings is 2. The fraction of sp³-hybridized carbons (Fsp3) is 0.222. The molecule has 0 saturated carbocycles. The molecule has 2 heterocycles. The van der Waals surface area contributed by atoms with Crippen molar-refractivity contribution in [3.8, 4) is 11.4 Å². The average Bonchev–Trinajstić information content (AvgIpc) is 3.05. The highest BCUT2D eigenvalue weighted by Crippen LogP contribution is 2.26. The summed E-state index contributed by atoms with van der Waals surface area (Å²) in [5.41, 5.74) is 4.65. The van der Waals surface area contributed by atoms with E-state index in [0.29, 0.717) is 5.69 Å². The molecule has 0 unspecified atom stereocenters. The molecule has 1 fully saturated rings. The van der Waals surface area contributed by atoms with E-state index < -0.39 is 0 Å². The SMILES string of the molecule is [C-]#[N+]c1ccc2nc(-c3ccc(N4CCOCC4)cc3)[nH]c2c1. The van der Waals surface area contributed by atoms with Crippen LogP contribution in [0.1, 0.15) is 0 Å². The Bertz CT molecular complexity index is 870. The zero-order valence-corrected chi connectivity index (χ0v) is 12.6. The van der Waals surface area contributed by atoms with E-state index in [4.69, 9.17) is 11.3 Å². The second kappa shape index (κ2) is 5.75. The van der Waals surface area contributed by atoms with Gasteiger partial charge in [0, 0.05) is 24.3 Å². The van der Waals surface area contributed by atoms with Crippen LogP contribution in [0.15, 0.2) is 42.5 Å². The summed E-state index contributed by atoms with van der Waals surface area (Å²) in [5.74, 6) is 0.829. The number of aromatic amines is 1. The molecule has 1 saturated heterocycles. The molecule has 1 N–H and O–H groups in total. The van der Waals surface area contributed by atoms with E-state index in [-0.39, 0.29) is 0 Å². The minimum absolute atomic E-state index is 0.621. The van der Waals surface area contributed by atoms with Crippen LogP contribution in [-0.2, 0) is 4.74 Å². The number of hydrogen-bond acceptors (Lipinski definition) is 3. The lowest BCUT2D eigenvalue weighted by Crippen LogP contribution is -2.36. The summed E-state index contributed by atoms with van der Waals surface area (Å²) < 4.78 is 5.39. The van der Waals surface area contributed by atoms with E-state index in [1.165, 1.54) is 5.69 Å². The fourth-order valence-corrected chi connectivity index (χ4v) is 2.86. The first-order chi connectivity index (χ1) is 11.3. The van der Waals surface area contributed by atoms with Crippen molar-refractivity contribution in [2.45, 2.75) is 0 Å². The number of H-pyrrole nitrogens is 1. The highest BCUT2D eigenvalue weighted by atomic mass is 16.5. The topological polar surface area (TPSA) is 45.5 Å². The Morgan fingerprint density at radius 3 is 2.61 bits per heavy atom. The number of anilines is 1. The summed E-state index contributed by atoms with van der Waals surface area (Å²) in [7, 11) is 0. The second-order valence-electron chi connectivity index (χ2n) is 5.54. The Balaban J connectivity index is 1.63. The van der Waals surface area contributed by atoms with Crippen molar-refractivity contribution in [3.63, 3.8) is 0 Å². The molecule has 0 radical (unpaired) electrons. The molecule has 5 heteroatoms. The molecule has 0 aliphatic carbocycles. The van der Waals surface area contributed by atoms with Crippen molar-refractivity contribution in [1.29, 1.82) is 0 Å². The molecule has 0 atom stereocenters. The fourth-order valence-electron chi connectivity index (χ4n) is 2.86. The number of nitrogens with one attached hydrogen (secondary N) is 1. The summed E-state index contributed by atoms with van der Waals surface area (Å²) in [6, 6.07) is 13.9. The highest BCUT2D eigenvalue weighted by molar-refractivity contribution is 5.83. The van der Waals surface area contributed by atoms with E-state index in [1.807, 2.05) is 12.1 Å². The van der Waals surface area contributed by atoms with Gasteiger partial charge in [0.15, 0.2) is 5.69 Å². The Morgan fingerprint density at radius 1 is 1.09 bits per heavy atom. The molecular formula is C18H16N4O. The molecule has 0 spiro atoms. The van der Waals surface area contributed by atoms with E-state index in [1.54, 1.807) is 6.07 Å². The van der Waals surface area contributed by atoms with E-state index in [9.17, 15) is 0 Å². The third-order valence-electron chi connectivity index (χ3n) is 4.11. The number of fused-ring (bicyclic) bond motifs is 1. The first-order valence-electron chi connectivity index (χ1n) is 7.64. The second-order valence-corrected chi connectivity index (χ2v) is 5.54. The normalized spacial score (nSPS) is 14.8. The Hall–Kier alpha value is -2.84. The zero-order valence-electron chi connectivity index (χ0n) is 12.6. The average molecular weight is 304 g/mol. The first kappa shape index (κ1) is 13.8. The lowest BCUT2D eigenvalue weighted by Gasteiger charge is -2.28. The molecule has 3 aromatic rings. The standard InChI is InChI=1S/C18H16N4O/c1-19-14-4-7-16-17(12-14)21-18(20-16)13-2-5-15(6-3-13)22-8-10-23-11-9-22/h2-7,12H,8-11H2,(H,20,21). The maximum Gasteiger partial charge on any atom is 0.189 e. The van der Waals surface area contributed by atoms with Crippen molar-refractivity contribution >= 4 is 22.4 Å². The lowest BCUT2D eigenvalue weighted by atomic mass is 10.2. The third-order valence-corrected chi connectivity index (χ3v) is 4.11. The van der Waals surface area contributed by atoms with Crippen LogP contribution in [0.25, 0.3) is 27.3 Å².